The molecule has 2 unspecified atom stereocenters. The maximum atomic E-state index is 11.2. The van der Waals surface area contributed by atoms with Crippen LogP contribution in [0.1, 0.15) is 13.3 Å². The fraction of sp³-hybridized carbons (Fsp3) is 0.571. The predicted molar refractivity (Wildman–Crippen MR) is 45.6 cm³/mol. The van der Waals surface area contributed by atoms with Crippen LogP contribution in [0.2, 0.25) is 0 Å². The molecule has 0 aliphatic rings. The highest BCUT2D eigenvalue weighted by molar-refractivity contribution is 7.93. The quantitative estimate of drug-likeness (QED) is 0.656. The van der Waals surface area contributed by atoms with E-state index in [1.807, 2.05) is 6.07 Å². The van der Waals surface area contributed by atoms with E-state index in [2.05, 4.69) is 6.58 Å². The zero-order valence-corrected chi connectivity index (χ0v) is 7.57. The second kappa shape index (κ2) is 3.05. The Hall–Kier alpha value is -0.820. The second-order valence-corrected chi connectivity index (χ2v) is 5.27. The molecule has 0 aliphatic carbocycles. The number of rotatable bonds is 3. The third kappa shape index (κ3) is 2.05. The van der Waals surface area contributed by atoms with Crippen molar-refractivity contribution < 1.29 is 4.21 Å². The van der Waals surface area contributed by atoms with Crippen molar-refractivity contribution >= 4 is 9.73 Å². The summed E-state index contributed by atoms with van der Waals surface area (Å²) in [5, 5.41) is 8.66. The minimum absolute atomic E-state index is 0.294. The summed E-state index contributed by atoms with van der Waals surface area (Å²) in [5.74, 6) is 0. The average molecular weight is 172 g/mol. The molecule has 0 saturated carbocycles. The molecule has 11 heavy (non-hydrogen) atoms. The van der Waals surface area contributed by atoms with Crippen molar-refractivity contribution in [2.45, 2.75) is 18.1 Å². The molecule has 0 radical (unpaired) electrons. The number of nitrogens with zero attached hydrogens (tertiary/aromatic N) is 1. The van der Waals surface area contributed by atoms with E-state index >= 15 is 0 Å². The van der Waals surface area contributed by atoms with Gasteiger partial charge in [-0.15, -0.1) is 6.58 Å². The highest BCUT2D eigenvalue weighted by Crippen LogP contribution is 2.20. The molecular formula is C7H12N2OS. The van der Waals surface area contributed by atoms with Crippen LogP contribution in [0.15, 0.2) is 12.7 Å². The lowest BCUT2D eigenvalue weighted by Gasteiger charge is -2.19. The lowest BCUT2D eigenvalue weighted by atomic mass is 10.1. The van der Waals surface area contributed by atoms with Crippen LogP contribution in [0.4, 0.5) is 0 Å². The molecule has 0 fully saturated rings. The monoisotopic (exact) mass is 172 g/mol. The van der Waals surface area contributed by atoms with Gasteiger partial charge in [0.15, 0.2) is 0 Å². The summed E-state index contributed by atoms with van der Waals surface area (Å²) < 4.78 is 17.4. The van der Waals surface area contributed by atoms with Crippen molar-refractivity contribution in [1.82, 2.24) is 0 Å². The molecule has 2 atom stereocenters. The molecule has 0 amide bonds. The van der Waals surface area contributed by atoms with Crippen molar-refractivity contribution in [3.63, 3.8) is 0 Å². The summed E-state index contributed by atoms with van der Waals surface area (Å²) in [6.45, 7) is 4.97. The van der Waals surface area contributed by atoms with E-state index in [-0.39, 0.29) is 0 Å². The van der Waals surface area contributed by atoms with Gasteiger partial charge >= 0.3 is 0 Å². The van der Waals surface area contributed by atoms with Crippen molar-refractivity contribution in [1.29, 1.82) is 10.0 Å². The van der Waals surface area contributed by atoms with Gasteiger partial charge in [-0.1, -0.05) is 6.08 Å². The molecule has 3 nitrogen and oxygen atoms in total. The summed E-state index contributed by atoms with van der Waals surface area (Å²) in [5.41, 5.74) is 0. The van der Waals surface area contributed by atoms with Crippen LogP contribution in [-0.4, -0.2) is 15.2 Å². The number of nitrogens with one attached hydrogen (secondary N) is 1. The molecule has 0 aliphatic heterocycles. The predicted octanol–water partition coefficient (Wildman–Crippen LogP) is 1.52. The van der Waals surface area contributed by atoms with Crippen LogP contribution in [0.5, 0.6) is 0 Å². The Kier molecular flexibility index (Phi) is 2.83. The maximum Gasteiger partial charge on any atom is 0.140 e. The molecule has 0 aromatic rings. The SMILES string of the molecule is C=CCC(C)(C#N)S(C)(=N)=O. The van der Waals surface area contributed by atoms with Gasteiger partial charge < -0.3 is 0 Å². The molecule has 0 spiro atoms. The van der Waals surface area contributed by atoms with Crippen LogP contribution in [0, 0.1) is 16.1 Å². The van der Waals surface area contributed by atoms with Crippen LogP contribution < -0.4 is 0 Å². The Balaban J connectivity index is 4.95. The lowest BCUT2D eigenvalue weighted by molar-refractivity contribution is 0.649. The highest BCUT2D eigenvalue weighted by Gasteiger charge is 2.30. The minimum atomic E-state index is -2.81. The van der Waals surface area contributed by atoms with E-state index in [1.165, 1.54) is 19.3 Å². The Morgan fingerprint density at radius 3 is 2.45 bits per heavy atom. The second-order valence-electron chi connectivity index (χ2n) is 2.68. The first-order valence-electron chi connectivity index (χ1n) is 3.13. The molecule has 0 bridgehead atoms. The van der Waals surface area contributed by atoms with Gasteiger partial charge in [0.25, 0.3) is 0 Å². The van der Waals surface area contributed by atoms with Crippen LogP contribution in [0.25, 0.3) is 0 Å². The number of hydrogen-bond acceptors (Lipinski definition) is 3. The highest BCUT2D eigenvalue weighted by atomic mass is 32.2. The molecule has 62 valence electrons. The van der Waals surface area contributed by atoms with Gasteiger partial charge in [-0.2, -0.15) is 5.26 Å². The van der Waals surface area contributed by atoms with Gasteiger partial charge in [0.2, 0.25) is 0 Å². The van der Waals surface area contributed by atoms with Gasteiger partial charge in [-0.25, -0.2) is 4.21 Å². The van der Waals surface area contributed by atoms with Gasteiger partial charge in [-0.3, -0.25) is 4.78 Å². The Morgan fingerprint density at radius 2 is 2.36 bits per heavy atom. The van der Waals surface area contributed by atoms with E-state index < -0.39 is 14.5 Å². The van der Waals surface area contributed by atoms with Gasteiger partial charge in [0, 0.05) is 6.26 Å². The maximum absolute atomic E-state index is 11.2. The topological polar surface area (TPSA) is 64.7 Å². The summed E-state index contributed by atoms with van der Waals surface area (Å²) in [4.78, 5) is 0. The Bertz CT molecular complexity index is 286. The third-order valence-electron chi connectivity index (χ3n) is 1.63. The molecule has 1 N–H and O–H groups in total. The van der Waals surface area contributed by atoms with E-state index in [1.54, 1.807) is 0 Å². The molecule has 0 heterocycles. The fourth-order valence-electron chi connectivity index (χ4n) is 0.567. The molecule has 0 rings (SSSR count). The summed E-state index contributed by atoms with van der Waals surface area (Å²) >= 11 is 0. The van der Waals surface area contributed by atoms with Gasteiger partial charge in [-0.05, 0) is 13.3 Å². The van der Waals surface area contributed by atoms with Gasteiger partial charge in [0.05, 0.1) is 15.8 Å². The Morgan fingerprint density at radius 1 is 1.91 bits per heavy atom. The van der Waals surface area contributed by atoms with Crippen LogP contribution >= 0.6 is 0 Å². The first-order valence-corrected chi connectivity index (χ1v) is 5.09. The zero-order valence-electron chi connectivity index (χ0n) is 6.76. The zero-order chi connectivity index (χ0) is 9.12. The smallest absolute Gasteiger partial charge is 0.140 e. The lowest BCUT2D eigenvalue weighted by Crippen LogP contribution is -2.30. The van der Waals surface area contributed by atoms with Gasteiger partial charge in [0.1, 0.15) is 4.75 Å². The summed E-state index contributed by atoms with van der Waals surface area (Å²) in [6, 6.07) is 1.89. The summed E-state index contributed by atoms with van der Waals surface area (Å²) in [7, 11) is -2.81. The molecule has 0 aromatic heterocycles. The van der Waals surface area contributed by atoms with Crippen LogP contribution in [-0.2, 0) is 9.73 Å². The van der Waals surface area contributed by atoms with Crippen molar-refractivity contribution in [3.8, 4) is 6.07 Å². The number of hydrogen-bond donors (Lipinski definition) is 1. The first-order chi connectivity index (χ1) is 4.87. The molecular weight excluding hydrogens is 160 g/mol. The number of nitriles is 1. The van der Waals surface area contributed by atoms with Crippen molar-refractivity contribution in [2.75, 3.05) is 6.26 Å². The third-order valence-corrected chi connectivity index (χ3v) is 3.61. The normalized spacial score (nSPS) is 20.8. The van der Waals surface area contributed by atoms with Crippen LogP contribution in [0.3, 0.4) is 0 Å². The molecule has 4 heteroatoms. The first kappa shape index (κ1) is 10.2. The largest absolute Gasteiger partial charge is 0.252 e. The van der Waals surface area contributed by atoms with E-state index in [0.29, 0.717) is 6.42 Å². The molecule has 0 saturated heterocycles. The van der Waals surface area contributed by atoms with E-state index in [4.69, 9.17) is 10.0 Å². The van der Waals surface area contributed by atoms with E-state index in [9.17, 15) is 4.21 Å². The number of allylic oxidation sites excluding steroid dienone is 1. The summed E-state index contributed by atoms with van der Waals surface area (Å²) in [6.07, 6.45) is 3.09. The van der Waals surface area contributed by atoms with E-state index in [0.717, 1.165) is 0 Å². The Labute approximate surface area is 67.7 Å². The fourth-order valence-corrected chi connectivity index (χ4v) is 1.18. The average Bonchev–Trinajstić information content (AvgIpc) is 1.86. The van der Waals surface area contributed by atoms with Crippen molar-refractivity contribution in [3.05, 3.63) is 12.7 Å². The minimum Gasteiger partial charge on any atom is -0.252 e. The standard InChI is InChI=1S/C7H12N2OS/c1-4-5-7(2,6-8)11(3,9)10/h4,9H,1,5H2,2-3H3. The van der Waals surface area contributed by atoms with Crippen molar-refractivity contribution in [2.24, 2.45) is 0 Å². The molecule has 0 aromatic carbocycles.